The van der Waals surface area contributed by atoms with Crippen LogP contribution in [0, 0.1) is 17.8 Å². The summed E-state index contributed by atoms with van der Waals surface area (Å²) in [5.41, 5.74) is 1.33. The topological polar surface area (TPSA) is 177 Å². The second-order valence-electron chi connectivity index (χ2n) is 11.5. The van der Waals surface area contributed by atoms with Gasteiger partial charge in [0.2, 0.25) is 0 Å². The van der Waals surface area contributed by atoms with Crippen molar-refractivity contribution in [1.82, 2.24) is 9.55 Å². The fourth-order valence-electron chi connectivity index (χ4n) is 5.25. The van der Waals surface area contributed by atoms with Crippen LogP contribution in [-0.4, -0.2) is 55.6 Å². The van der Waals surface area contributed by atoms with Gasteiger partial charge in [-0.25, -0.2) is 4.79 Å². The van der Waals surface area contributed by atoms with Crippen molar-refractivity contribution in [2.45, 2.75) is 144 Å². The minimum absolute atomic E-state index is 0.0439. The molecule has 1 aliphatic rings. The van der Waals surface area contributed by atoms with Gasteiger partial charge in [0.1, 0.15) is 12.8 Å². The largest absolute Gasteiger partial charge is 0.481 e. The summed E-state index contributed by atoms with van der Waals surface area (Å²) in [6, 6.07) is 1.48. The first-order valence-corrected chi connectivity index (χ1v) is 16.8. The molecule has 0 aliphatic carbocycles. The number of ether oxygens (including phenoxy) is 2. The Morgan fingerprint density at radius 2 is 1.29 bits per heavy atom. The Kier molecular flexibility index (Phi) is 23.6. The van der Waals surface area contributed by atoms with Gasteiger partial charge in [-0.15, -0.1) is 0 Å². The lowest BCUT2D eigenvalue weighted by atomic mass is 9.99. The van der Waals surface area contributed by atoms with Crippen molar-refractivity contribution in [2.75, 3.05) is 12.1 Å². The van der Waals surface area contributed by atoms with Crippen molar-refractivity contribution in [1.29, 1.82) is 0 Å². The number of rotatable bonds is 19. The Labute approximate surface area is 268 Å². The van der Waals surface area contributed by atoms with Gasteiger partial charge < -0.3 is 19.7 Å². The van der Waals surface area contributed by atoms with Gasteiger partial charge in [-0.05, 0) is 57.4 Å². The van der Waals surface area contributed by atoms with Gasteiger partial charge in [-0.1, -0.05) is 80.1 Å². The van der Waals surface area contributed by atoms with Gasteiger partial charge in [-0.2, -0.15) is 4.98 Å². The van der Waals surface area contributed by atoms with Crippen LogP contribution in [0.3, 0.4) is 0 Å². The molecule has 1 saturated heterocycles. The van der Waals surface area contributed by atoms with Crippen molar-refractivity contribution < 1.29 is 39.3 Å². The van der Waals surface area contributed by atoms with Gasteiger partial charge in [0.05, 0.1) is 23.9 Å². The van der Waals surface area contributed by atoms with Crippen molar-refractivity contribution in [3.8, 4) is 0 Å². The zero-order valence-corrected chi connectivity index (χ0v) is 28.3. The molecule has 2 rings (SSSR count). The van der Waals surface area contributed by atoms with E-state index in [1.165, 1.54) is 16.8 Å². The highest BCUT2D eigenvalue weighted by Crippen LogP contribution is 2.28. The fraction of sp³-hybridized carbons (Fsp3) is 0.788. The summed E-state index contributed by atoms with van der Waals surface area (Å²) in [5, 5.41) is 26.0. The molecule has 2 heterocycles. The van der Waals surface area contributed by atoms with E-state index in [0.717, 1.165) is 77.0 Å². The Morgan fingerprint density at radius 1 is 0.844 bits per heavy atom. The number of carboxylic acids is 2. The Bertz CT molecular complexity index is 973. The summed E-state index contributed by atoms with van der Waals surface area (Å²) < 4.78 is 12.6. The van der Waals surface area contributed by atoms with E-state index < -0.39 is 23.9 Å². The lowest BCUT2D eigenvalue weighted by molar-refractivity contribution is -0.154. The van der Waals surface area contributed by atoms with Crippen LogP contribution >= 0.6 is 0 Å². The van der Waals surface area contributed by atoms with Gasteiger partial charge in [0.15, 0.2) is 5.82 Å². The van der Waals surface area contributed by atoms with Gasteiger partial charge in [0.25, 0.3) is 0 Å². The maximum absolute atomic E-state index is 12.2. The lowest BCUT2D eigenvalue weighted by Gasteiger charge is -2.18. The zero-order chi connectivity index (χ0) is 34.2. The van der Waals surface area contributed by atoms with Crippen LogP contribution in [0.1, 0.15) is 138 Å². The highest BCUT2D eigenvalue weighted by atomic mass is 16.6. The predicted octanol–water partition coefficient (Wildman–Crippen LogP) is 7.06. The van der Waals surface area contributed by atoms with E-state index in [9.17, 15) is 19.2 Å². The molecule has 1 aliphatic heterocycles. The van der Waals surface area contributed by atoms with Crippen LogP contribution in [0.25, 0.3) is 0 Å². The highest BCUT2D eigenvalue weighted by molar-refractivity contribution is 5.72. The molecule has 0 spiro atoms. The van der Waals surface area contributed by atoms with Crippen molar-refractivity contribution >= 4 is 23.7 Å². The number of aliphatic carboxylic acids is 2. The van der Waals surface area contributed by atoms with Crippen LogP contribution in [0.2, 0.25) is 0 Å². The summed E-state index contributed by atoms with van der Waals surface area (Å²) >= 11 is 0. The third-order valence-corrected chi connectivity index (χ3v) is 7.61. The summed E-state index contributed by atoms with van der Waals surface area (Å²) in [4.78, 5) is 48.7. The average Bonchev–Trinajstić information content (AvgIpc) is 3.48. The summed E-state index contributed by atoms with van der Waals surface area (Å²) in [5.74, 6) is -1.59. The molecular weight excluding hydrogens is 582 g/mol. The summed E-state index contributed by atoms with van der Waals surface area (Å²) in [6.45, 7) is 12.4. The molecule has 12 nitrogen and oxygen atoms in total. The molecule has 1 aromatic rings. The van der Waals surface area contributed by atoms with Gasteiger partial charge in [-0.3, -0.25) is 29.6 Å². The fourth-order valence-corrected chi connectivity index (χ4v) is 5.25. The van der Waals surface area contributed by atoms with Crippen molar-refractivity contribution in [3.63, 3.8) is 0 Å². The van der Waals surface area contributed by atoms with E-state index in [2.05, 4.69) is 18.8 Å². The van der Waals surface area contributed by atoms with Gasteiger partial charge in [0, 0.05) is 6.20 Å². The van der Waals surface area contributed by atoms with Crippen LogP contribution in [0.5, 0.6) is 0 Å². The molecule has 0 amide bonds. The monoisotopic (exact) mass is 641 g/mol. The maximum Gasteiger partial charge on any atom is 0.351 e. The zero-order valence-electron chi connectivity index (χ0n) is 28.3. The number of carbonyl (C=O) groups excluding carboxylic acids is 1. The molecule has 2 unspecified atom stereocenters. The molecule has 260 valence electrons. The number of anilines is 1. The SMILES string of the molecule is CCCC(CCC)C(=O)O.CCCC(CCC)C(=O)O.CCCC(CCC)C(=O)OCC1CCC(n2ccc(NO)nc2=O)O1. The smallest absolute Gasteiger partial charge is 0.351 e. The molecule has 4 N–H and O–H groups in total. The predicted molar refractivity (Wildman–Crippen MR) is 173 cm³/mol. The van der Waals surface area contributed by atoms with Crippen LogP contribution in [0.15, 0.2) is 17.1 Å². The maximum atomic E-state index is 12.2. The first kappa shape index (κ1) is 42.0. The molecular formula is C33H59N3O9. The minimum Gasteiger partial charge on any atom is -0.481 e. The van der Waals surface area contributed by atoms with Crippen LogP contribution < -0.4 is 11.2 Å². The van der Waals surface area contributed by atoms with Crippen molar-refractivity contribution in [2.24, 2.45) is 17.8 Å². The normalized spacial score (nSPS) is 15.7. The Hall–Kier alpha value is -2.99. The van der Waals surface area contributed by atoms with E-state index >= 15 is 0 Å². The van der Waals surface area contributed by atoms with Crippen LogP contribution in [-0.2, 0) is 23.9 Å². The molecule has 1 aromatic heterocycles. The summed E-state index contributed by atoms with van der Waals surface area (Å²) in [6.07, 6.45) is 13.0. The van der Waals surface area contributed by atoms with E-state index in [1.807, 2.05) is 33.2 Å². The van der Waals surface area contributed by atoms with Gasteiger partial charge >= 0.3 is 23.6 Å². The summed E-state index contributed by atoms with van der Waals surface area (Å²) in [7, 11) is 0. The quantitative estimate of drug-likeness (QED) is 0.0898. The molecule has 0 saturated carbocycles. The third-order valence-electron chi connectivity index (χ3n) is 7.61. The molecule has 0 radical (unpaired) electrons. The second kappa shape index (κ2) is 25.2. The van der Waals surface area contributed by atoms with E-state index in [0.29, 0.717) is 12.8 Å². The third kappa shape index (κ3) is 17.3. The second-order valence-corrected chi connectivity index (χ2v) is 11.5. The van der Waals surface area contributed by atoms with E-state index in [1.54, 1.807) is 0 Å². The van der Waals surface area contributed by atoms with Crippen LogP contribution in [0.4, 0.5) is 5.82 Å². The Morgan fingerprint density at radius 3 is 1.67 bits per heavy atom. The number of esters is 1. The number of carbonyl (C=O) groups is 3. The molecule has 2 atom stereocenters. The number of carboxylic acid groups (broad SMARTS) is 2. The molecule has 12 heteroatoms. The number of nitrogens with one attached hydrogen (secondary N) is 1. The minimum atomic E-state index is -0.635. The first-order chi connectivity index (χ1) is 21.5. The van der Waals surface area contributed by atoms with E-state index in [-0.39, 0.29) is 42.3 Å². The highest BCUT2D eigenvalue weighted by Gasteiger charge is 2.29. The van der Waals surface area contributed by atoms with Crippen molar-refractivity contribution in [3.05, 3.63) is 22.7 Å². The van der Waals surface area contributed by atoms with E-state index in [4.69, 9.17) is 24.9 Å². The first-order valence-electron chi connectivity index (χ1n) is 16.8. The number of hydrogen-bond acceptors (Lipinski definition) is 9. The molecule has 1 fully saturated rings. The molecule has 0 bridgehead atoms. The Balaban J connectivity index is 0.000000798. The standard InChI is InChI=1S/C17H27N3O5.2C8H16O2/c1-3-5-12(6-4-2)16(21)24-11-13-7-8-15(25-13)20-10-9-14(19-23)18-17(20)22;2*1-3-5-7(6-4-2)8(9)10/h9-10,12-13,15,23H,3-8,11H2,1-2H3,(H,18,19,22);2*7H,3-6H2,1-2H3,(H,9,10). The number of nitrogens with zero attached hydrogens (tertiary/aromatic N) is 2. The number of hydrogen-bond donors (Lipinski definition) is 4. The number of aromatic nitrogens is 2. The average molecular weight is 642 g/mol. The molecule has 45 heavy (non-hydrogen) atoms. The molecule has 0 aromatic carbocycles. The lowest BCUT2D eigenvalue weighted by Crippen LogP contribution is -2.28.